The van der Waals surface area contributed by atoms with Crippen LogP contribution in [0, 0.1) is 34.5 Å². The van der Waals surface area contributed by atoms with Gasteiger partial charge in [0, 0.05) is 17.8 Å². The number of rotatable bonds is 2. The van der Waals surface area contributed by atoms with Gasteiger partial charge >= 0.3 is 0 Å². The Morgan fingerprint density at radius 3 is 2.62 bits per heavy atom. The molecule has 0 heterocycles. The van der Waals surface area contributed by atoms with Crippen molar-refractivity contribution in [3.63, 3.8) is 0 Å². The van der Waals surface area contributed by atoms with E-state index < -0.39 is 11.0 Å². The normalized spacial score (nSPS) is 53.6. The standard InChI is InChI=1S/C21H31BrO4/c1-19-7-5-13(23)9-12(19)3-4-14-15-6-8-21(26,17(25)11-22)20(15,2)10-16(24)18(14)19/h12-15,18,23,26H,3-11H2,1-2H3/t12-,13+,14-,15+,18+,19-,20-,21-/m0/s1. The van der Waals surface area contributed by atoms with E-state index in [4.69, 9.17) is 0 Å². The molecule has 146 valence electrons. The summed E-state index contributed by atoms with van der Waals surface area (Å²) in [5, 5.41) is 21.5. The van der Waals surface area contributed by atoms with E-state index >= 15 is 0 Å². The van der Waals surface area contributed by atoms with E-state index in [-0.39, 0.29) is 46.2 Å². The van der Waals surface area contributed by atoms with Crippen molar-refractivity contribution in [1.82, 2.24) is 0 Å². The van der Waals surface area contributed by atoms with Crippen LogP contribution in [0.2, 0.25) is 0 Å². The molecular weight excluding hydrogens is 396 g/mol. The molecule has 5 heteroatoms. The number of aliphatic hydroxyl groups is 2. The van der Waals surface area contributed by atoms with Crippen LogP contribution in [-0.2, 0) is 9.59 Å². The second kappa shape index (κ2) is 6.12. The first kappa shape index (κ1) is 19.1. The van der Waals surface area contributed by atoms with Crippen molar-refractivity contribution >= 4 is 27.5 Å². The number of ketones is 2. The van der Waals surface area contributed by atoms with Gasteiger partial charge in [-0.1, -0.05) is 29.8 Å². The predicted molar refractivity (Wildman–Crippen MR) is 102 cm³/mol. The molecule has 8 atom stereocenters. The first-order chi connectivity index (χ1) is 12.2. The molecule has 0 aromatic heterocycles. The number of fused-ring (bicyclic) bond motifs is 5. The van der Waals surface area contributed by atoms with Crippen molar-refractivity contribution in [3.05, 3.63) is 0 Å². The fourth-order valence-corrected chi connectivity index (χ4v) is 8.09. The van der Waals surface area contributed by atoms with Crippen LogP contribution in [0.15, 0.2) is 0 Å². The van der Waals surface area contributed by atoms with Crippen molar-refractivity contribution in [2.75, 3.05) is 5.33 Å². The Morgan fingerprint density at radius 1 is 1.19 bits per heavy atom. The van der Waals surface area contributed by atoms with Crippen LogP contribution in [0.3, 0.4) is 0 Å². The minimum Gasteiger partial charge on any atom is -0.393 e. The molecule has 0 bridgehead atoms. The SMILES string of the molecule is C[C@]12CC[C@@H](O)C[C@@H]1CC[C@H]1[C@H]3CC[C@](O)(C(=O)CBr)[C@@]3(C)CC(=O)[C@@H]12. The summed E-state index contributed by atoms with van der Waals surface area (Å²) < 4.78 is 0. The van der Waals surface area contributed by atoms with Crippen LogP contribution < -0.4 is 0 Å². The van der Waals surface area contributed by atoms with E-state index in [0.717, 1.165) is 38.5 Å². The summed E-state index contributed by atoms with van der Waals surface area (Å²) in [7, 11) is 0. The lowest BCUT2D eigenvalue weighted by Crippen LogP contribution is -2.62. The van der Waals surface area contributed by atoms with Gasteiger partial charge in [-0.3, -0.25) is 9.59 Å². The van der Waals surface area contributed by atoms with Gasteiger partial charge in [-0.25, -0.2) is 0 Å². The average Bonchev–Trinajstić information content (AvgIpc) is 2.86. The molecule has 4 fully saturated rings. The summed E-state index contributed by atoms with van der Waals surface area (Å²) in [5.41, 5.74) is -2.03. The number of halogens is 1. The molecule has 0 aromatic carbocycles. The number of Topliss-reactive ketones (excluding diaryl/α,β-unsaturated/α-hetero) is 2. The van der Waals surface area contributed by atoms with Crippen molar-refractivity contribution < 1.29 is 19.8 Å². The molecule has 4 saturated carbocycles. The third-order valence-corrected chi connectivity index (χ3v) is 9.57. The highest BCUT2D eigenvalue weighted by atomic mass is 79.9. The topological polar surface area (TPSA) is 74.6 Å². The van der Waals surface area contributed by atoms with Crippen molar-refractivity contribution in [1.29, 1.82) is 0 Å². The summed E-state index contributed by atoms with van der Waals surface area (Å²) >= 11 is 3.23. The average molecular weight is 427 g/mol. The van der Waals surface area contributed by atoms with Gasteiger partial charge < -0.3 is 10.2 Å². The molecule has 0 aromatic rings. The minimum absolute atomic E-state index is 0.0271. The van der Waals surface area contributed by atoms with Gasteiger partial charge in [0.25, 0.3) is 0 Å². The number of carbonyl (C=O) groups is 2. The number of alkyl halides is 1. The Bertz CT molecular complexity index is 636. The van der Waals surface area contributed by atoms with Crippen molar-refractivity contribution in [2.45, 2.75) is 76.9 Å². The van der Waals surface area contributed by atoms with Gasteiger partial charge in [0.15, 0.2) is 5.78 Å². The van der Waals surface area contributed by atoms with Crippen LogP contribution in [0.4, 0.5) is 0 Å². The molecule has 0 radical (unpaired) electrons. The number of hydrogen-bond acceptors (Lipinski definition) is 4. The van der Waals surface area contributed by atoms with Gasteiger partial charge in [-0.15, -0.1) is 0 Å². The lowest BCUT2D eigenvalue weighted by Gasteiger charge is -2.60. The summed E-state index contributed by atoms with van der Waals surface area (Å²) in [6.07, 6.45) is 5.98. The largest absolute Gasteiger partial charge is 0.393 e. The molecule has 4 aliphatic rings. The minimum atomic E-state index is -1.37. The van der Waals surface area contributed by atoms with E-state index in [1.54, 1.807) is 0 Å². The fraction of sp³-hybridized carbons (Fsp3) is 0.905. The zero-order chi connectivity index (χ0) is 18.9. The predicted octanol–water partition coefficient (Wildman–Crippen LogP) is 3.26. The van der Waals surface area contributed by atoms with E-state index in [2.05, 4.69) is 22.9 Å². The Balaban J connectivity index is 1.70. The number of hydrogen-bond donors (Lipinski definition) is 2. The second-order valence-corrected chi connectivity index (χ2v) is 10.5. The van der Waals surface area contributed by atoms with Crippen LogP contribution in [0.5, 0.6) is 0 Å². The monoisotopic (exact) mass is 426 g/mol. The van der Waals surface area contributed by atoms with E-state index in [9.17, 15) is 19.8 Å². The van der Waals surface area contributed by atoms with E-state index in [1.165, 1.54) is 0 Å². The number of carbonyl (C=O) groups excluding carboxylic acids is 2. The van der Waals surface area contributed by atoms with Gasteiger partial charge in [0.05, 0.1) is 11.4 Å². The first-order valence-corrected chi connectivity index (χ1v) is 11.3. The van der Waals surface area contributed by atoms with Crippen LogP contribution >= 0.6 is 15.9 Å². The van der Waals surface area contributed by atoms with Crippen LogP contribution in [0.25, 0.3) is 0 Å². The van der Waals surface area contributed by atoms with Gasteiger partial charge in [-0.05, 0) is 68.1 Å². The quantitative estimate of drug-likeness (QED) is 0.664. The zero-order valence-electron chi connectivity index (χ0n) is 15.8. The van der Waals surface area contributed by atoms with Gasteiger partial charge in [0.1, 0.15) is 11.4 Å². The Kier molecular flexibility index (Phi) is 4.49. The van der Waals surface area contributed by atoms with E-state index in [0.29, 0.717) is 18.8 Å². The summed E-state index contributed by atoms with van der Waals surface area (Å²) in [6.45, 7) is 4.25. The molecular formula is C21H31BrO4. The summed E-state index contributed by atoms with van der Waals surface area (Å²) in [5.74, 6) is 1.05. The first-order valence-electron chi connectivity index (χ1n) is 10.2. The third kappa shape index (κ3) is 2.32. The molecule has 0 amide bonds. The summed E-state index contributed by atoms with van der Waals surface area (Å²) in [6, 6.07) is 0. The highest BCUT2D eigenvalue weighted by molar-refractivity contribution is 9.09. The Morgan fingerprint density at radius 2 is 1.92 bits per heavy atom. The molecule has 0 spiro atoms. The molecule has 0 aliphatic heterocycles. The second-order valence-electron chi connectivity index (χ2n) is 9.97. The smallest absolute Gasteiger partial charge is 0.175 e. The maximum Gasteiger partial charge on any atom is 0.175 e. The molecule has 0 unspecified atom stereocenters. The van der Waals surface area contributed by atoms with Crippen molar-refractivity contribution in [2.24, 2.45) is 34.5 Å². The van der Waals surface area contributed by atoms with Crippen LogP contribution in [-0.4, -0.2) is 38.8 Å². The molecule has 26 heavy (non-hydrogen) atoms. The Labute approximate surface area is 164 Å². The fourth-order valence-electron chi connectivity index (χ4n) is 7.62. The lowest BCUT2D eigenvalue weighted by molar-refractivity contribution is -0.177. The van der Waals surface area contributed by atoms with Crippen LogP contribution in [0.1, 0.15) is 65.2 Å². The van der Waals surface area contributed by atoms with Crippen molar-refractivity contribution in [3.8, 4) is 0 Å². The molecule has 0 saturated heterocycles. The number of aliphatic hydroxyl groups excluding tert-OH is 1. The molecule has 4 nitrogen and oxygen atoms in total. The maximum absolute atomic E-state index is 13.4. The van der Waals surface area contributed by atoms with Gasteiger partial charge in [0.2, 0.25) is 0 Å². The highest BCUT2D eigenvalue weighted by Crippen LogP contribution is 2.67. The summed E-state index contributed by atoms with van der Waals surface area (Å²) in [4.78, 5) is 26.0. The zero-order valence-corrected chi connectivity index (χ0v) is 17.4. The highest BCUT2D eigenvalue weighted by Gasteiger charge is 2.68. The third-order valence-electron chi connectivity index (χ3n) is 9.06. The maximum atomic E-state index is 13.4. The van der Waals surface area contributed by atoms with E-state index in [1.807, 2.05) is 6.92 Å². The molecule has 4 rings (SSSR count). The lowest BCUT2D eigenvalue weighted by atomic mass is 9.44. The molecule has 4 aliphatic carbocycles. The molecule has 2 N–H and O–H groups in total. The Hall–Kier alpha value is -0.260. The van der Waals surface area contributed by atoms with Gasteiger partial charge in [-0.2, -0.15) is 0 Å².